The molecule has 1 aromatic carbocycles. The van der Waals surface area contributed by atoms with Crippen LogP contribution in [0, 0.1) is 0 Å². The molecule has 0 fully saturated rings. The number of halogens is 1. The molecule has 1 aliphatic rings. The van der Waals surface area contributed by atoms with E-state index in [2.05, 4.69) is 32.0 Å². The zero-order valence-electron chi connectivity index (χ0n) is 16.4. The van der Waals surface area contributed by atoms with Gasteiger partial charge in [-0.15, -0.1) is 24.0 Å². The number of guanidine groups is 1. The second-order valence-electron chi connectivity index (χ2n) is 6.72. The van der Waals surface area contributed by atoms with E-state index in [9.17, 15) is 4.79 Å². The van der Waals surface area contributed by atoms with Crippen LogP contribution in [0.15, 0.2) is 47.5 Å². The summed E-state index contributed by atoms with van der Waals surface area (Å²) in [5.74, 6) is 1.77. The van der Waals surface area contributed by atoms with Crippen molar-refractivity contribution < 1.29 is 4.79 Å². The number of hydrogen-bond donors (Lipinski definition) is 3. The van der Waals surface area contributed by atoms with E-state index < -0.39 is 0 Å². The fraction of sp³-hybridized carbons (Fsp3) is 0.350. The summed E-state index contributed by atoms with van der Waals surface area (Å²) < 4.78 is 0. The molecular weight excluding hydrogens is 467 g/mol. The van der Waals surface area contributed by atoms with Gasteiger partial charge >= 0.3 is 0 Å². The van der Waals surface area contributed by atoms with Gasteiger partial charge in [-0.05, 0) is 23.8 Å². The lowest BCUT2D eigenvalue weighted by Gasteiger charge is -2.26. The molecule has 2 heterocycles. The van der Waals surface area contributed by atoms with Gasteiger partial charge in [0.2, 0.25) is 5.91 Å². The van der Waals surface area contributed by atoms with Crippen LogP contribution < -0.4 is 20.9 Å². The van der Waals surface area contributed by atoms with Gasteiger partial charge < -0.3 is 20.9 Å². The number of benzene rings is 1. The number of amides is 1. The van der Waals surface area contributed by atoms with Crippen LogP contribution in [0.2, 0.25) is 0 Å². The van der Waals surface area contributed by atoms with E-state index in [1.54, 1.807) is 7.05 Å². The van der Waals surface area contributed by atoms with E-state index >= 15 is 0 Å². The van der Waals surface area contributed by atoms with E-state index in [1.165, 1.54) is 0 Å². The fourth-order valence-electron chi connectivity index (χ4n) is 3.11. The van der Waals surface area contributed by atoms with Crippen LogP contribution in [-0.4, -0.2) is 44.5 Å². The number of carbonyl (C=O) groups excluding carboxylic acids is 1. The zero-order chi connectivity index (χ0) is 19.2. The standard InChI is InChI=1S/C20H26N6O.HI/c1-21-20(23-13-15-7-6-10-18(24-15)26(2)3)22-12-14-11-19(27)25-17-9-5-4-8-16(14)17;/h4-10,14H,11-13H2,1-3H3,(H,25,27)(H2,21,22,23);1H. The topological polar surface area (TPSA) is 81.7 Å². The molecule has 3 N–H and O–H groups in total. The van der Waals surface area contributed by atoms with Crippen molar-refractivity contribution in [1.29, 1.82) is 0 Å². The number of hydrogen-bond acceptors (Lipinski definition) is 4. The molecule has 8 heteroatoms. The quantitative estimate of drug-likeness (QED) is 0.338. The molecule has 3 rings (SSSR count). The Balaban J connectivity index is 0.00000280. The highest BCUT2D eigenvalue weighted by Gasteiger charge is 2.24. The maximum absolute atomic E-state index is 12.0. The largest absolute Gasteiger partial charge is 0.363 e. The average Bonchev–Trinajstić information content (AvgIpc) is 2.68. The predicted molar refractivity (Wildman–Crippen MR) is 125 cm³/mol. The summed E-state index contributed by atoms with van der Waals surface area (Å²) in [7, 11) is 5.68. The number of nitrogens with one attached hydrogen (secondary N) is 3. The van der Waals surface area contributed by atoms with Crippen molar-refractivity contribution >= 4 is 47.3 Å². The van der Waals surface area contributed by atoms with Crippen molar-refractivity contribution in [3.05, 3.63) is 53.7 Å². The third-order valence-corrected chi connectivity index (χ3v) is 4.53. The van der Waals surface area contributed by atoms with Crippen molar-refractivity contribution in [2.45, 2.75) is 18.9 Å². The highest BCUT2D eigenvalue weighted by Crippen LogP contribution is 2.31. The summed E-state index contributed by atoms with van der Waals surface area (Å²) in [5, 5.41) is 9.54. The molecule has 0 bridgehead atoms. The molecule has 28 heavy (non-hydrogen) atoms. The summed E-state index contributed by atoms with van der Waals surface area (Å²) in [6.07, 6.45) is 0.466. The number of anilines is 2. The Hall–Kier alpha value is -2.36. The Bertz CT molecular complexity index is 839. The molecule has 1 aromatic heterocycles. The predicted octanol–water partition coefficient (Wildman–Crippen LogP) is 2.56. The number of aliphatic imine (C=N–C) groups is 1. The van der Waals surface area contributed by atoms with Crippen LogP contribution in [0.3, 0.4) is 0 Å². The monoisotopic (exact) mass is 494 g/mol. The van der Waals surface area contributed by atoms with Crippen molar-refractivity contribution in [1.82, 2.24) is 15.6 Å². The molecule has 2 aromatic rings. The second kappa shape index (κ2) is 10.3. The minimum Gasteiger partial charge on any atom is -0.363 e. The molecule has 150 valence electrons. The number of fused-ring (bicyclic) bond motifs is 1. The number of aromatic nitrogens is 1. The number of carbonyl (C=O) groups is 1. The van der Waals surface area contributed by atoms with E-state index in [1.807, 2.05) is 55.4 Å². The Morgan fingerprint density at radius 1 is 1.21 bits per heavy atom. The lowest BCUT2D eigenvalue weighted by atomic mass is 9.90. The van der Waals surface area contributed by atoms with Crippen molar-refractivity contribution in [3.8, 4) is 0 Å². The molecule has 0 saturated carbocycles. The first kappa shape index (κ1) is 21.9. The summed E-state index contributed by atoms with van der Waals surface area (Å²) in [6, 6.07) is 13.9. The smallest absolute Gasteiger partial charge is 0.225 e. The minimum absolute atomic E-state index is 0. The number of para-hydroxylation sites is 1. The summed E-state index contributed by atoms with van der Waals surface area (Å²) in [6.45, 7) is 1.21. The molecule has 1 unspecified atom stereocenters. The van der Waals surface area contributed by atoms with Gasteiger partial charge in [0.15, 0.2) is 5.96 Å². The van der Waals surface area contributed by atoms with Crippen LogP contribution in [-0.2, 0) is 11.3 Å². The fourth-order valence-corrected chi connectivity index (χ4v) is 3.11. The van der Waals surface area contributed by atoms with Gasteiger partial charge in [-0.3, -0.25) is 9.79 Å². The van der Waals surface area contributed by atoms with Gasteiger partial charge in [-0.25, -0.2) is 4.98 Å². The highest BCUT2D eigenvalue weighted by molar-refractivity contribution is 14.0. The van der Waals surface area contributed by atoms with Crippen molar-refractivity contribution in [2.24, 2.45) is 4.99 Å². The van der Waals surface area contributed by atoms with Crippen LogP contribution in [0.4, 0.5) is 11.5 Å². The van der Waals surface area contributed by atoms with Crippen molar-refractivity contribution in [2.75, 3.05) is 37.9 Å². The van der Waals surface area contributed by atoms with Gasteiger partial charge in [0.1, 0.15) is 5.82 Å². The lowest BCUT2D eigenvalue weighted by molar-refractivity contribution is -0.116. The van der Waals surface area contributed by atoms with Crippen molar-refractivity contribution in [3.63, 3.8) is 0 Å². The van der Waals surface area contributed by atoms with Gasteiger partial charge in [0, 0.05) is 45.7 Å². The number of rotatable bonds is 5. The van der Waals surface area contributed by atoms with E-state index in [4.69, 9.17) is 0 Å². The molecular formula is C20H27IN6O. The SMILES string of the molecule is CN=C(NCc1cccc(N(C)C)n1)NCC1CC(=O)Nc2ccccc21.I. The van der Waals surface area contributed by atoms with Crippen LogP contribution in [0.1, 0.15) is 23.6 Å². The van der Waals surface area contributed by atoms with E-state index in [-0.39, 0.29) is 35.8 Å². The molecule has 1 atom stereocenters. The molecule has 7 nitrogen and oxygen atoms in total. The van der Waals surface area contributed by atoms with E-state index in [0.717, 1.165) is 22.8 Å². The first-order valence-electron chi connectivity index (χ1n) is 9.03. The molecule has 0 spiro atoms. The minimum atomic E-state index is 0. The Morgan fingerprint density at radius 2 is 2.00 bits per heavy atom. The maximum Gasteiger partial charge on any atom is 0.225 e. The summed E-state index contributed by atoms with van der Waals surface area (Å²) in [4.78, 5) is 22.8. The molecule has 0 radical (unpaired) electrons. The molecule has 1 aliphatic heterocycles. The average molecular weight is 494 g/mol. The Labute approximate surface area is 183 Å². The third-order valence-electron chi connectivity index (χ3n) is 4.53. The first-order chi connectivity index (χ1) is 13.1. The number of pyridine rings is 1. The summed E-state index contributed by atoms with van der Waals surface area (Å²) in [5.41, 5.74) is 2.99. The van der Waals surface area contributed by atoms with E-state index in [0.29, 0.717) is 25.5 Å². The maximum atomic E-state index is 12.0. The zero-order valence-corrected chi connectivity index (χ0v) is 18.7. The highest BCUT2D eigenvalue weighted by atomic mass is 127. The van der Waals surface area contributed by atoms with Gasteiger partial charge in [0.05, 0.1) is 12.2 Å². The normalized spacial score (nSPS) is 15.8. The first-order valence-corrected chi connectivity index (χ1v) is 9.03. The van der Waals surface area contributed by atoms with Gasteiger partial charge in [-0.2, -0.15) is 0 Å². The Morgan fingerprint density at radius 3 is 2.75 bits per heavy atom. The van der Waals surface area contributed by atoms with Gasteiger partial charge in [0.25, 0.3) is 0 Å². The van der Waals surface area contributed by atoms with Crippen LogP contribution in [0.5, 0.6) is 0 Å². The molecule has 0 saturated heterocycles. The third kappa shape index (κ3) is 5.57. The van der Waals surface area contributed by atoms with Crippen LogP contribution >= 0.6 is 24.0 Å². The lowest BCUT2D eigenvalue weighted by Crippen LogP contribution is -2.40. The van der Waals surface area contributed by atoms with Gasteiger partial charge in [-0.1, -0.05) is 24.3 Å². The summed E-state index contributed by atoms with van der Waals surface area (Å²) >= 11 is 0. The second-order valence-corrected chi connectivity index (χ2v) is 6.72. The molecule has 0 aliphatic carbocycles. The Kier molecular flexibility index (Phi) is 8.04. The van der Waals surface area contributed by atoms with Crippen LogP contribution in [0.25, 0.3) is 0 Å². The molecule has 1 amide bonds. The number of nitrogens with zero attached hydrogens (tertiary/aromatic N) is 3.